The molecule has 102 valence electrons. The molecule has 0 N–H and O–H groups in total. The van der Waals surface area contributed by atoms with E-state index in [0.717, 1.165) is 0 Å². The van der Waals surface area contributed by atoms with E-state index < -0.39 is 12.3 Å². The molecule has 0 aliphatic heterocycles. The summed E-state index contributed by atoms with van der Waals surface area (Å²) in [6.45, 7) is 2.72. The summed E-state index contributed by atoms with van der Waals surface area (Å²) in [7, 11) is 0. The van der Waals surface area contributed by atoms with Gasteiger partial charge in [0, 0.05) is 11.8 Å². The number of rotatable bonds is 6. The van der Waals surface area contributed by atoms with Gasteiger partial charge < -0.3 is 8.94 Å². The molecule has 0 aliphatic rings. The highest BCUT2D eigenvalue weighted by molar-refractivity contribution is 8.07. The first-order valence-electron chi connectivity index (χ1n) is 5.30. The molecule has 0 bridgehead atoms. The predicted molar refractivity (Wildman–Crippen MR) is 72.9 cm³/mol. The lowest BCUT2D eigenvalue weighted by molar-refractivity contribution is 0.215. The standard InChI is InChI=1S/C10H14ClO5PS/c1-4-13-17(18,14-5-2)16-9-8(11)6-7(3)15-10(9)12/h6H,4-5H2,1-3H3. The van der Waals surface area contributed by atoms with Gasteiger partial charge in [-0.3, -0.25) is 9.05 Å². The molecular weight excluding hydrogens is 299 g/mol. The van der Waals surface area contributed by atoms with Gasteiger partial charge in [-0.15, -0.1) is 0 Å². The predicted octanol–water partition coefficient (Wildman–Crippen LogP) is 3.28. The Morgan fingerprint density at radius 3 is 2.39 bits per heavy atom. The highest BCUT2D eigenvalue weighted by Gasteiger charge is 2.25. The minimum Gasteiger partial charge on any atom is -0.425 e. The molecule has 0 saturated carbocycles. The molecular formula is C10H14ClO5PS. The zero-order valence-electron chi connectivity index (χ0n) is 10.3. The van der Waals surface area contributed by atoms with Gasteiger partial charge in [-0.1, -0.05) is 11.6 Å². The van der Waals surface area contributed by atoms with E-state index in [1.165, 1.54) is 6.07 Å². The Morgan fingerprint density at radius 1 is 1.39 bits per heavy atom. The van der Waals surface area contributed by atoms with Crippen molar-refractivity contribution < 1.29 is 18.0 Å². The van der Waals surface area contributed by atoms with Crippen molar-refractivity contribution >= 4 is 30.1 Å². The Bertz CT molecular complexity index is 505. The topological polar surface area (TPSA) is 57.9 Å². The maximum atomic E-state index is 11.6. The normalized spacial score (nSPS) is 11.6. The van der Waals surface area contributed by atoms with Gasteiger partial charge in [0.1, 0.15) is 5.76 Å². The van der Waals surface area contributed by atoms with E-state index in [0.29, 0.717) is 19.0 Å². The van der Waals surface area contributed by atoms with Crippen LogP contribution in [0.5, 0.6) is 5.75 Å². The van der Waals surface area contributed by atoms with Crippen molar-refractivity contribution in [3.05, 3.63) is 27.3 Å². The molecule has 0 spiro atoms. The summed E-state index contributed by atoms with van der Waals surface area (Å²) in [5.41, 5.74) is -0.700. The van der Waals surface area contributed by atoms with Crippen LogP contribution in [0.3, 0.4) is 0 Å². The van der Waals surface area contributed by atoms with Gasteiger partial charge in [0.2, 0.25) is 5.75 Å². The van der Waals surface area contributed by atoms with Crippen LogP contribution in [0.25, 0.3) is 0 Å². The molecule has 18 heavy (non-hydrogen) atoms. The Labute approximate surface area is 115 Å². The van der Waals surface area contributed by atoms with Gasteiger partial charge in [0.25, 0.3) is 0 Å². The van der Waals surface area contributed by atoms with Crippen molar-refractivity contribution in [3.63, 3.8) is 0 Å². The maximum Gasteiger partial charge on any atom is 0.380 e. The maximum absolute atomic E-state index is 11.6. The average molecular weight is 313 g/mol. The third-order valence-corrected chi connectivity index (χ3v) is 4.46. The number of aryl methyl sites for hydroxylation is 1. The van der Waals surface area contributed by atoms with Crippen molar-refractivity contribution in [2.45, 2.75) is 20.8 Å². The minimum atomic E-state index is -3.02. The largest absolute Gasteiger partial charge is 0.425 e. The lowest BCUT2D eigenvalue weighted by Crippen LogP contribution is -2.10. The molecule has 0 radical (unpaired) electrons. The molecule has 0 aliphatic carbocycles. The van der Waals surface area contributed by atoms with Crippen LogP contribution >= 0.6 is 18.3 Å². The summed E-state index contributed by atoms with van der Waals surface area (Å²) >= 11 is 11.1. The van der Waals surface area contributed by atoms with Crippen LogP contribution in [-0.4, -0.2) is 13.2 Å². The second-order valence-corrected chi connectivity index (χ2v) is 6.54. The van der Waals surface area contributed by atoms with Gasteiger partial charge in [0.15, 0.2) is 0 Å². The average Bonchev–Trinajstić information content (AvgIpc) is 2.24. The zero-order valence-corrected chi connectivity index (χ0v) is 12.7. The monoisotopic (exact) mass is 312 g/mol. The lowest BCUT2D eigenvalue weighted by Gasteiger charge is -2.20. The Kier molecular flexibility index (Phi) is 5.82. The van der Waals surface area contributed by atoms with E-state index >= 15 is 0 Å². The quantitative estimate of drug-likeness (QED) is 0.751. The SMILES string of the molecule is CCOP(=S)(OCC)Oc1c(Cl)cc(C)oc1=O. The molecule has 0 atom stereocenters. The highest BCUT2D eigenvalue weighted by atomic mass is 35.5. The summed E-state index contributed by atoms with van der Waals surface area (Å²) in [6.07, 6.45) is 0. The summed E-state index contributed by atoms with van der Waals surface area (Å²) in [6, 6.07) is 1.47. The van der Waals surface area contributed by atoms with E-state index in [4.69, 9.17) is 41.4 Å². The van der Waals surface area contributed by atoms with Gasteiger partial charge in [-0.05, 0) is 26.8 Å². The number of halogens is 1. The Morgan fingerprint density at radius 2 is 1.94 bits per heavy atom. The summed E-state index contributed by atoms with van der Waals surface area (Å²) < 4.78 is 20.7. The fraction of sp³-hybridized carbons (Fsp3) is 0.500. The lowest BCUT2D eigenvalue weighted by atomic mass is 10.4. The summed E-state index contributed by atoms with van der Waals surface area (Å²) in [4.78, 5) is 11.6. The molecule has 0 amide bonds. The van der Waals surface area contributed by atoms with E-state index in [1.807, 2.05) is 0 Å². The van der Waals surface area contributed by atoms with Crippen LogP contribution in [-0.2, 0) is 20.9 Å². The fourth-order valence-electron chi connectivity index (χ4n) is 1.16. The first-order valence-corrected chi connectivity index (χ1v) is 8.24. The minimum absolute atomic E-state index is 0.123. The van der Waals surface area contributed by atoms with Crippen molar-refractivity contribution in [3.8, 4) is 5.75 Å². The molecule has 0 aromatic carbocycles. The van der Waals surface area contributed by atoms with Gasteiger partial charge in [0.05, 0.1) is 18.2 Å². The molecule has 0 fully saturated rings. The van der Waals surface area contributed by atoms with Crippen LogP contribution in [0.15, 0.2) is 15.3 Å². The van der Waals surface area contributed by atoms with Gasteiger partial charge in [-0.2, -0.15) is 0 Å². The molecule has 0 saturated heterocycles. The van der Waals surface area contributed by atoms with Crippen LogP contribution in [0.2, 0.25) is 5.02 Å². The second-order valence-electron chi connectivity index (χ2n) is 3.20. The number of hydrogen-bond donors (Lipinski definition) is 0. The molecule has 0 unspecified atom stereocenters. The third kappa shape index (κ3) is 4.07. The van der Waals surface area contributed by atoms with E-state index in [1.54, 1.807) is 20.8 Å². The first-order chi connectivity index (χ1) is 8.41. The van der Waals surface area contributed by atoms with Crippen molar-refractivity contribution in [1.29, 1.82) is 0 Å². The van der Waals surface area contributed by atoms with Crippen LogP contribution in [0, 0.1) is 6.92 Å². The molecule has 1 heterocycles. The Hall–Kier alpha value is -0.390. The van der Waals surface area contributed by atoms with E-state index in [9.17, 15) is 4.79 Å². The molecule has 8 heteroatoms. The fourth-order valence-corrected chi connectivity index (χ4v) is 3.55. The number of hydrogen-bond acceptors (Lipinski definition) is 6. The molecule has 1 aromatic heterocycles. The summed E-state index contributed by atoms with van der Waals surface area (Å²) in [5.74, 6) is 0.214. The first kappa shape index (κ1) is 15.7. The smallest absolute Gasteiger partial charge is 0.380 e. The third-order valence-electron chi connectivity index (χ3n) is 1.76. The highest BCUT2D eigenvalue weighted by Crippen LogP contribution is 2.50. The Balaban J connectivity index is 3.09. The van der Waals surface area contributed by atoms with Crippen LogP contribution in [0.4, 0.5) is 0 Å². The zero-order chi connectivity index (χ0) is 13.8. The van der Waals surface area contributed by atoms with Crippen molar-refractivity contribution in [1.82, 2.24) is 0 Å². The van der Waals surface area contributed by atoms with E-state index in [-0.39, 0.29) is 10.8 Å². The van der Waals surface area contributed by atoms with E-state index in [2.05, 4.69) is 0 Å². The second kappa shape index (κ2) is 6.68. The molecule has 1 aromatic rings. The summed E-state index contributed by atoms with van der Waals surface area (Å²) in [5, 5.41) is 0.123. The van der Waals surface area contributed by atoms with Crippen molar-refractivity contribution in [2.75, 3.05) is 13.2 Å². The molecule has 1 rings (SSSR count). The van der Waals surface area contributed by atoms with Crippen LogP contribution < -0.4 is 10.1 Å². The van der Waals surface area contributed by atoms with Crippen molar-refractivity contribution in [2.24, 2.45) is 0 Å². The van der Waals surface area contributed by atoms with Gasteiger partial charge in [-0.25, -0.2) is 4.79 Å². The molecule has 5 nitrogen and oxygen atoms in total. The van der Waals surface area contributed by atoms with Gasteiger partial charge >= 0.3 is 12.3 Å². The van der Waals surface area contributed by atoms with Crippen LogP contribution in [0.1, 0.15) is 19.6 Å².